The maximum Gasteiger partial charge on any atom is 0.233 e. The Balaban J connectivity index is 1.70. The zero-order valence-corrected chi connectivity index (χ0v) is 16.1. The Kier molecular flexibility index (Phi) is 5.42. The first-order valence-electron chi connectivity index (χ1n) is 8.71. The zero-order chi connectivity index (χ0) is 18.0. The molecule has 1 aromatic heterocycles. The summed E-state index contributed by atoms with van der Waals surface area (Å²) in [5, 5.41) is 12.7. The van der Waals surface area contributed by atoms with Gasteiger partial charge >= 0.3 is 0 Å². The summed E-state index contributed by atoms with van der Waals surface area (Å²) in [4.78, 5) is 14.6. The monoisotopic (exact) mass is 359 g/mol. The Morgan fingerprint density at radius 2 is 1.96 bits per heavy atom. The molecule has 1 aromatic carbocycles. The second-order valence-corrected chi connectivity index (χ2v) is 8.07. The van der Waals surface area contributed by atoms with Gasteiger partial charge in [-0.2, -0.15) is 4.68 Å². The van der Waals surface area contributed by atoms with E-state index in [2.05, 4.69) is 49.3 Å². The summed E-state index contributed by atoms with van der Waals surface area (Å²) in [5.74, 6) is 1.67. The number of carbonyl (C=O) groups is 1. The Hall–Kier alpha value is -1.89. The van der Waals surface area contributed by atoms with Crippen LogP contribution in [0.5, 0.6) is 0 Å². The van der Waals surface area contributed by atoms with Crippen LogP contribution in [0.3, 0.4) is 0 Å². The quantitative estimate of drug-likeness (QED) is 0.786. The first-order chi connectivity index (χ1) is 12.0. The van der Waals surface area contributed by atoms with Gasteiger partial charge in [0, 0.05) is 13.1 Å². The standard InChI is InChI=1S/C18H25N5OS/c1-12-8-13(2)10-22(9-12)17(24)11-25-18-19-20-21-23(18)16-7-5-6-14(3)15(16)4/h5-7,12-13H,8-11H2,1-4H3/t12-,13-/m0/s1. The number of likely N-dealkylation sites (tertiary alicyclic amines) is 1. The number of piperidine rings is 1. The average molecular weight is 359 g/mol. The first-order valence-corrected chi connectivity index (χ1v) is 9.69. The summed E-state index contributed by atoms with van der Waals surface area (Å²) in [7, 11) is 0. The first kappa shape index (κ1) is 17.9. The summed E-state index contributed by atoms with van der Waals surface area (Å²) in [6.07, 6.45) is 1.20. The molecule has 7 heteroatoms. The van der Waals surface area contributed by atoms with E-state index in [-0.39, 0.29) is 5.91 Å². The zero-order valence-electron chi connectivity index (χ0n) is 15.3. The maximum absolute atomic E-state index is 12.6. The molecule has 25 heavy (non-hydrogen) atoms. The minimum atomic E-state index is 0.166. The largest absolute Gasteiger partial charge is 0.341 e. The van der Waals surface area contributed by atoms with Crippen LogP contribution in [0.2, 0.25) is 0 Å². The van der Waals surface area contributed by atoms with Crippen molar-refractivity contribution in [2.24, 2.45) is 11.8 Å². The number of carbonyl (C=O) groups excluding carboxylic acids is 1. The van der Waals surface area contributed by atoms with Crippen LogP contribution < -0.4 is 0 Å². The number of thioether (sulfide) groups is 1. The van der Waals surface area contributed by atoms with Crippen molar-refractivity contribution in [2.75, 3.05) is 18.8 Å². The molecule has 6 nitrogen and oxygen atoms in total. The summed E-state index contributed by atoms with van der Waals surface area (Å²) < 4.78 is 1.72. The lowest BCUT2D eigenvalue weighted by Gasteiger charge is -2.34. The van der Waals surface area contributed by atoms with Crippen LogP contribution in [0.25, 0.3) is 5.69 Å². The van der Waals surface area contributed by atoms with E-state index in [1.165, 1.54) is 23.7 Å². The smallest absolute Gasteiger partial charge is 0.233 e. The van der Waals surface area contributed by atoms with Gasteiger partial charge in [0.2, 0.25) is 11.1 Å². The molecule has 2 atom stereocenters. The molecule has 2 aromatic rings. The van der Waals surface area contributed by atoms with E-state index in [0.29, 0.717) is 22.7 Å². The third-order valence-corrected chi connectivity index (χ3v) is 5.70. The predicted octanol–water partition coefficient (Wildman–Crippen LogP) is 2.88. The lowest BCUT2D eigenvalue weighted by atomic mass is 9.92. The van der Waals surface area contributed by atoms with Crippen LogP contribution >= 0.6 is 11.8 Å². The average Bonchev–Trinajstić information content (AvgIpc) is 3.02. The van der Waals surface area contributed by atoms with Gasteiger partial charge in [0.25, 0.3) is 0 Å². The fourth-order valence-electron chi connectivity index (χ4n) is 3.47. The highest BCUT2D eigenvalue weighted by Gasteiger charge is 2.25. The van der Waals surface area contributed by atoms with Crippen LogP contribution in [0.4, 0.5) is 0 Å². The number of amides is 1. The van der Waals surface area contributed by atoms with Gasteiger partial charge in [0.05, 0.1) is 11.4 Å². The predicted molar refractivity (Wildman–Crippen MR) is 98.9 cm³/mol. The van der Waals surface area contributed by atoms with Crippen molar-refractivity contribution in [3.05, 3.63) is 29.3 Å². The Morgan fingerprint density at radius 1 is 1.24 bits per heavy atom. The van der Waals surface area contributed by atoms with Crippen molar-refractivity contribution in [2.45, 2.75) is 39.3 Å². The van der Waals surface area contributed by atoms with Crippen LogP contribution in [-0.4, -0.2) is 49.9 Å². The van der Waals surface area contributed by atoms with Gasteiger partial charge in [-0.15, -0.1) is 5.10 Å². The van der Waals surface area contributed by atoms with Crippen molar-refractivity contribution in [3.63, 3.8) is 0 Å². The topological polar surface area (TPSA) is 63.9 Å². The fraction of sp³-hybridized carbons (Fsp3) is 0.556. The van der Waals surface area contributed by atoms with Gasteiger partial charge in [0.15, 0.2) is 0 Å². The summed E-state index contributed by atoms with van der Waals surface area (Å²) in [6.45, 7) is 10.3. The molecular weight excluding hydrogens is 334 g/mol. The van der Waals surface area contributed by atoms with E-state index >= 15 is 0 Å². The highest BCUT2D eigenvalue weighted by Crippen LogP contribution is 2.25. The van der Waals surface area contributed by atoms with Gasteiger partial charge in [-0.1, -0.05) is 37.7 Å². The van der Waals surface area contributed by atoms with Gasteiger partial charge in [-0.3, -0.25) is 4.79 Å². The maximum atomic E-state index is 12.6. The number of aromatic nitrogens is 4. The second kappa shape index (κ2) is 7.56. The van der Waals surface area contributed by atoms with E-state index in [9.17, 15) is 4.79 Å². The molecular formula is C18H25N5OS. The van der Waals surface area contributed by atoms with Crippen LogP contribution in [0.15, 0.2) is 23.4 Å². The molecule has 0 saturated carbocycles. The van der Waals surface area contributed by atoms with Gasteiger partial charge < -0.3 is 4.90 Å². The van der Waals surface area contributed by atoms with E-state index in [1.54, 1.807) is 4.68 Å². The molecule has 0 aliphatic carbocycles. The SMILES string of the molecule is Cc1cccc(-n2nnnc2SCC(=O)N2C[C@@H](C)C[C@H](C)C2)c1C. The third-order valence-electron chi connectivity index (χ3n) is 4.79. The molecule has 1 amide bonds. The Morgan fingerprint density at radius 3 is 2.68 bits per heavy atom. The van der Waals surface area contributed by atoms with Gasteiger partial charge in [0.1, 0.15) is 0 Å². The second-order valence-electron chi connectivity index (χ2n) is 7.13. The lowest BCUT2D eigenvalue weighted by molar-refractivity contribution is -0.130. The molecule has 0 radical (unpaired) electrons. The molecule has 3 rings (SSSR count). The lowest BCUT2D eigenvalue weighted by Crippen LogP contribution is -2.43. The van der Waals surface area contributed by atoms with E-state index in [4.69, 9.17) is 0 Å². The van der Waals surface area contributed by atoms with Crippen LogP contribution in [0, 0.1) is 25.7 Å². The number of aryl methyl sites for hydroxylation is 1. The van der Waals surface area contributed by atoms with Gasteiger partial charge in [-0.05, 0) is 59.7 Å². The van der Waals surface area contributed by atoms with Gasteiger partial charge in [-0.25, -0.2) is 0 Å². The Bertz CT molecular complexity index is 750. The number of rotatable bonds is 4. The van der Waals surface area contributed by atoms with Crippen molar-refractivity contribution < 1.29 is 4.79 Å². The number of nitrogens with zero attached hydrogens (tertiary/aromatic N) is 5. The number of tetrazole rings is 1. The minimum Gasteiger partial charge on any atom is -0.341 e. The number of benzene rings is 1. The molecule has 1 saturated heterocycles. The van der Waals surface area contributed by atoms with Crippen LogP contribution in [0.1, 0.15) is 31.4 Å². The molecule has 0 spiro atoms. The summed E-state index contributed by atoms with van der Waals surface area (Å²) in [5.41, 5.74) is 3.29. The molecule has 2 heterocycles. The molecule has 0 N–H and O–H groups in total. The highest BCUT2D eigenvalue weighted by atomic mass is 32.2. The number of hydrogen-bond donors (Lipinski definition) is 0. The molecule has 1 aliphatic rings. The van der Waals surface area contributed by atoms with Crippen molar-refractivity contribution in [1.82, 2.24) is 25.1 Å². The van der Waals surface area contributed by atoms with Crippen LogP contribution in [-0.2, 0) is 4.79 Å². The van der Waals surface area contributed by atoms with Crippen molar-refractivity contribution in [3.8, 4) is 5.69 Å². The summed E-state index contributed by atoms with van der Waals surface area (Å²) in [6, 6.07) is 6.06. The van der Waals surface area contributed by atoms with Crippen molar-refractivity contribution in [1.29, 1.82) is 0 Å². The molecule has 134 valence electrons. The summed E-state index contributed by atoms with van der Waals surface area (Å²) >= 11 is 1.40. The Labute approximate surface area is 153 Å². The fourth-order valence-corrected chi connectivity index (χ4v) is 4.26. The molecule has 1 fully saturated rings. The number of hydrogen-bond acceptors (Lipinski definition) is 5. The third kappa shape index (κ3) is 4.03. The highest BCUT2D eigenvalue weighted by molar-refractivity contribution is 7.99. The molecule has 0 unspecified atom stereocenters. The normalized spacial score (nSPS) is 20.7. The minimum absolute atomic E-state index is 0.166. The van der Waals surface area contributed by atoms with E-state index < -0.39 is 0 Å². The van der Waals surface area contributed by atoms with E-state index in [0.717, 1.165) is 24.3 Å². The molecule has 0 bridgehead atoms. The van der Waals surface area contributed by atoms with Crippen molar-refractivity contribution >= 4 is 17.7 Å². The molecule has 1 aliphatic heterocycles. The van der Waals surface area contributed by atoms with E-state index in [1.807, 2.05) is 17.0 Å².